The average molecular weight is 478 g/mol. The highest BCUT2D eigenvalue weighted by molar-refractivity contribution is 6.02. The summed E-state index contributed by atoms with van der Waals surface area (Å²) in [5.41, 5.74) is 0.281. The van der Waals surface area contributed by atoms with Crippen molar-refractivity contribution in [2.75, 3.05) is 7.11 Å². The number of esters is 1. The fraction of sp³-hybridized carbons (Fsp3) is 0.364. The van der Waals surface area contributed by atoms with Gasteiger partial charge in [0.1, 0.15) is 47.2 Å². The van der Waals surface area contributed by atoms with Gasteiger partial charge in [-0.15, -0.1) is 0 Å². The van der Waals surface area contributed by atoms with Crippen molar-refractivity contribution < 1.29 is 59.2 Å². The van der Waals surface area contributed by atoms with E-state index in [0.717, 1.165) is 13.2 Å². The molecule has 2 heterocycles. The van der Waals surface area contributed by atoms with Gasteiger partial charge in [-0.25, -0.2) is 4.79 Å². The summed E-state index contributed by atoms with van der Waals surface area (Å²) >= 11 is 0. The van der Waals surface area contributed by atoms with Gasteiger partial charge >= 0.3 is 5.97 Å². The normalized spacial score (nSPS) is 28.5. The summed E-state index contributed by atoms with van der Waals surface area (Å²) in [5, 5.41) is 59.9. The molecule has 0 spiro atoms. The number of carbonyl (C=O) groups is 2. The zero-order valence-corrected chi connectivity index (χ0v) is 17.7. The van der Waals surface area contributed by atoms with E-state index in [2.05, 4.69) is 4.74 Å². The number of benzene rings is 2. The highest BCUT2D eigenvalue weighted by atomic mass is 16.7. The van der Waals surface area contributed by atoms with Crippen LogP contribution < -0.4 is 9.47 Å². The molecule has 2 aliphatic heterocycles. The number of Topliss-reactive ketones (excluding diaryl/α,β-unsaturated/α-hetero) is 1. The smallest absolute Gasteiger partial charge is 0.337 e. The zero-order chi connectivity index (χ0) is 24.7. The van der Waals surface area contributed by atoms with Crippen LogP contribution in [0.4, 0.5) is 0 Å². The minimum Gasteiger partial charge on any atom is -0.507 e. The molecule has 6 N–H and O–H groups in total. The topological polar surface area (TPSA) is 192 Å². The van der Waals surface area contributed by atoms with E-state index < -0.39 is 60.1 Å². The van der Waals surface area contributed by atoms with E-state index in [4.69, 9.17) is 14.2 Å². The second-order valence-electron chi connectivity index (χ2n) is 7.84. The fourth-order valence-corrected chi connectivity index (χ4v) is 3.80. The molecule has 0 aliphatic carbocycles. The van der Waals surface area contributed by atoms with Crippen LogP contribution in [0, 0.1) is 0 Å². The maximum atomic E-state index is 12.7. The second kappa shape index (κ2) is 8.99. The highest BCUT2D eigenvalue weighted by Gasteiger charge is 2.48. The molecule has 2 aliphatic rings. The molecular formula is C22H22O12. The molecule has 12 nitrogen and oxygen atoms in total. The van der Waals surface area contributed by atoms with Crippen LogP contribution in [-0.4, -0.2) is 80.2 Å². The first-order valence-corrected chi connectivity index (χ1v) is 10.1. The zero-order valence-electron chi connectivity index (χ0n) is 17.7. The SMILES string of the molecule is COC(=O)[C@H]1O[C@@H](Oc2cc(O)c3c(c2)O[C@H](c2ccc(O)c(O)c2)CC3=O)[C@H](O)[C@@H](O)[C@@H]1O. The number of aliphatic hydroxyl groups is 3. The molecule has 4 rings (SSSR count). The molecule has 0 amide bonds. The standard InChI is InChI=1S/C22H22O12/c1-31-21(30)20-18(28)17(27)19(29)22(34-20)32-9-5-12(25)16-13(26)7-14(33-15(16)6-9)8-2-3-10(23)11(24)4-8/h2-6,14,17-20,22-25,27-29H,7H2,1H3/t14-,17-,18-,19+,20-,22+/m0/s1. The summed E-state index contributed by atoms with van der Waals surface area (Å²) in [6.45, 7) is 0. The number of phenolic OH excluding ortho intramolecular Hbond substituents is 3. The molecule has 182 valence electrons. The maximum absolute atomic E-state index is 12.7. The Bertz CT molecular complexity index is 1120. The van der Waals surface area contributed by atoms with Crippen molar-refractivity contribution in [1.82, 2.24) is 0 Å². The first-order chi connectivity index (χ1) is 16.1. The molecule has 12 heteroatoms. The van der Waals surface area contributed by atoms with Crippen molar-refractivity contribution in [1.29, 1.82) is 0 Å². The van der Waals surface area contributed by atoms with Crippen LogP contribution >= 0.6 is 0 Å². The largest absolute Gasteiger partial charge is 0.507 e. The number of carbonyl (C=O) groups excluding carboxylic acids is 2. The van der Waals surface area contributed by atoms with Gasteiger partial charge in [0.05, 0.1) is 13.5 Å². The minimum absolute atomic E-state index is 0.0702. The summed E-state index contributed by atoms with van der Waals surface area (Å²) < 4.78 is 21.1. The number of hydrogen-bond donors (Lipinski definition) is 6. The Morgan fingerprint density at radius 1 is 0.971 bits per heavy atom. The number of fused-ring (bicyclic) bond motifs is 1. The molecule has 1 fully saturated rings. The molecule has 0 aromatic heterocycles. The van der Waals surface area contributed by atoms with Gasteiger partial charge in [0.2, 0.25) is 6.29 Å². The Morgan fingerprint density at radius 2 is 1.71 bits per heavy atom. The van der Waals surface area contributed by atoms with Crippen LogP contribution in [0.15, 0.2) is 30.3 Å². The van der Waals surface area contributed by atoms with Crippen molar-refractivity contribution in [3.8, 4) is 28.7 Å². The van der Waals surface area contributed by atoms with Gasteiger partial charge in [0, 0.05) is 12.1 Å². The lowest BCUT2D eigenvalue weighted by molar-refractivity contribution is -0.271. The van der Waals surface area contributed by atoms with Crippen molar-refractivity contribution in [3.63, 3.8) is 0 Å². The van der Waals surface area contributed by atoms with Crippen molar-refractivity contribution in [2.24, 2.45) is 0 Å². The Hall–Kier alpha value is -3.58. The number of ether oxygens (including phenoxy) is 4. The van der Waals surface area contributed by atoms with Crippen LogP contribution in [-0.2, 0) is 14.3 Å². The monoisotopic (exact) mass is 478 g/mol. The lowest BCUT2D eigenvalue weighted by Gasteiger charge is -2.39. The minimum atomic E-state index is -1.81. The molecule has 0 saturated carbocycles. The number of rotatable bonds is 4. The van der Waals surface area contributed by atoms with Crippen LogP contribution in [0.3, 0.4) is 0 Å². The average Bonchev–Trinajstić information content (AvgIpc) is 2.80. The van der Waals surface area contributed by atoms with E-state index in [0.29, 0.717) is 5.56 Å². The van der Waals surface area contributed by atoms with Crippen LogP contribution in [0.5, 0.6) is 28.7 Å². The van der Waals surface area contributed by atoms with E-state index >= 15 is 0 Å². The molecular weight excluding hydrogens is 456 g/mol. The third-order valence-corrected chi connectivity index (χ3v) is 5.60. The van der Waals surface area contributed by atoms with Crippen molar-refractivity contribution in [3.05, 3.63) is 41.5 Å². The third-order valence-electron chi connectivity index (χ3n) is 5.60. The molecule has 2 aromatic carbocycles. The highest BCUT2D eigenvalue weighted by Crippen LogP contribution is 2.43. The van der Waals surface area contributed by atoms with E-state index in [-0.39, 0.29) is 29.2 Å². The van der Waals surface area contributed by atoms with Gasteiger partial charge in [-0.05, 0) is 17.7 Å². The summed E-state index contributed by atoms with van der Waals surface area (Å²) in [7, 11) is 1.05. The number of aliphatic hydroxyl groups excluding tert-OH is 3. The van der Waals surface area contributed by atoms with E-state index in [1.807, 2.05) is 0 Å². The van der Waals surface area contributed by atoms with E-state index in [9.17, 15) is 40.2 Å². The Labute approximate surface area is 192 Å². The molecule has 1 saturated heterocycles. The summed E-state index contributed by atoms with van der Waals surface area (Å²) in [6, 6.07) is 6.24. The molecule has 6 atom stereocenters. The molecule has 34 heavy (non-hydrogen) atoms. The predicted molar refractivity (Wildman–Crippen MR) is 110 cm³/mol. The number of phenols is 3. The first-order valence-electron chi connectivity index (χ1n) is 10.1. The fourth-order valence-electron chi connectivity index (χ4n) is 3.80. The summed E-state index contributed by atoms with van der Waals surface area (Å²) in [5.74, 6) is -2.91. The van der Waals surface area contributed by atoms with Gasteiger partial charge in [0.25, 0.3) is 0 Å². The lowest BCUT2D eigenvalue weighted by Crippen LogP contribution is -2.61. The first kappa shape index (κ1) is 23.6. The van der Waals surface area contributed by atoms with Crippen LogP contribution in [0.25, 0.3) is 0 Å². The second-order valence-corrected chi connectivity index (χ2v) is 7.84. The quantitative estimate of drug-likeness (QED) is 0.252. The van der Waals surface area contributed by atoms with Gasteiger partial charge in [-0.1, -0.05) is 6.07 Å². The third kappa shape index (κ3) is 4.19. The summed E-state index contributed by atoms with van der Waals surface area (Å²) in [6.07, 6.45) is -9.66. The summed E-state index contributed by atoms with van der Waals surface area (Å²) in [4.78, 5) is 24.5. The number of hydrogen-bond acceptors (Lipinski definition) is 12. The van der Waals surface area contributed by atoms with E-state index in [1.54, 1.807) is 0 Å². The number of ketones is 1. The molecule has 2 aromatic rings. The van der Waals surface area contributed by atoms with Crippen molar-refractivity contribution in [2.45, 2.75) is 43.2 Å². The van der Waals surface area contributed by atoms with Crippen LogP contribution in [0.1, 0.15) is 28.4 Å². The van der Waals surface area contributed by atoms with E-state index in [1.165, 1.54) is 24.3 Å². The van der Waals surface area contributed by atoms with Gasteiger partial charge in [-0.3, -0.25) is 4.79 Å². The van der Waals surface area contributed by atoms with Gasteiger partial charge < -0.3 is 49.6 Å². The molecule has 0 unspecified atom stereocenters. The number of methoxy groups -OCH3 is 1. The lowest BCUT2D eigenvalue weighted by atomic mass is 9.95. The predicted octanol–water partition coefficient (Wildman–Crippen LogP) is -0.131. The van der Waals surface area contributed by atoms with Gasteiger partial charge in [-0.2, -0.15) is 0 Å². The Morgan fingerprint density at radius 3 is 2.38 bits per heavy atom. The maximum Gasteiger partial charge on any atom is 0.337 e. The van der Waals surface area contributed by atoms with Crippen molar-refractivity contribution >= 4 is 11.8 Å². The van der Waals surface area contributed by atoms with Crippen LogP contribution in [0.2, 0.25) is 0 Å². The Kier molecular flexibility index (Phi) is 6.23. The number of aromatic hydroxyl groups is 3. The molecule has 0 radical (unpaired) electrons. The Balaban J connectivity index is 1.60. The van der Waals surface area contributed by atoms with Gasteiger partial charge in [0.15, 0.2) is 23.4 Å². The molecule has 0 bridgehead atoms.